The highest BCUT2D eigenvalue weighted by Crippen LogP contribution is 2.32. The number of aldehydes is 1. The predicted octanol–water partition coefficient (Wildman–Crippen LogP) is 6.76. The molecule has 0 radical (unpaired) electrons. The van der Waals surface area contributed by atoms with Crippen molar-refractivity contribution in [1.29, 1.82) is 0 Å². The molecule has 2 aromatic carbocycles. The van der Waals surface area contributed by atoms with E-state index in [9.17, 15) is 24.0 Å². The number of carbonyl (C=O) groups is 5. The number of nitrogens with zero attached hydrogens (tertiary/aromatic N) is 2. The van der Waals surface area contributed by atoms with Gasteiger partial charge in [0.05, 0.1) is 11.8 Å². The van der Waals surface area contributed by atoms with E-state index >= 15 is 0 Å². The van der Waals surface area contributed by atoms with Crippen molar-refractivity contribution >= 4 is 30.4 Å². The first-order chi connectivity index (χ1) is 24.0. The summed E-state index contributed by atoms with van der Waals surface area (Å²) < 4.78 is 21.6. The summed E-state index contributed by atoms with van der Waals surface area (Å²) in [4.78, 5) is 63.8. The molecular weight excluding hydrogens is 652 g/mol. The smallest absolute Gasteiger partial charge is 0.410 e. The van der Waals surface area contributed by atoms with Gasteiger partial charge in [0.2, 0.25) is 0 Å². The number of likely N-dealkylation sites (tertiary alicyclic amines) is 2. The van der Waals surface area contributed by atoms with Crippen molar-refractivity contribution in [2.75, 3.05) is 26.2 Å². The van der Waals surface area contributed by atoms with Crippen LogP contribution in [-0.4, -0.2) is 77.6 Å². The Balaban J connectivity index is 0.000000276. The second kappa shape index (κ2) is 18.3. The molecule has 0 N–H and O–H groups in total. The van der Waals surface area contributed by atoms with Crippen LogP contribution >= 0.6 is 0 Å². The molecule has 0 bridgehead atoms. The third-order valence-electron chi connectivity index (χ3n) is 8.20. The molecule has 11 heteroatoms. The van der Waals surface area contributed by atoms with E-state index in [0.717, 1.165) is 11.1 Å². The third kappa shape index (κ3) is 13.0. The zero-order chi connectivity index (χ0) is 37.8. The molecule has 0 saturated carbocycles. The average Bonchev–Trinajstić information content (AvgIpc) is 3.72. The van der Waals surface area contributed by atoms with Crippen molar-refractivity contribution in [1.82, 2.24) is 9.80 Å². The highest BCUT2D eigenvalue weighted by Gasteiger charge is 2.44. The summed E-state index contributed by atoms with van der Waals surface area (Å²) in [6, 6.07) is 18.8. The maximum absolute atomic E-state index is 12.5. The molecule has 2 aromatic rings. The number of hydrogen-bond donors (Lipinski definition) is 0. The maximum Gasteiger partial charge on any atom is 0.410 e. The van der Waals surface area contributed by atoms with Gasteiger partial charge in [-0.3, -0.25) is 14.4 Å². The van der Waals surface area contributed by atoms with Crippen molar-refractivity contribution in [3.05, 3.63) is 96.6 Å². The maximum atomic E-state index is 12.5. The summed E-state index contributed by atoms with van der Waals surface area (Å²) in [6.45, 7) is 19.8. The zero-order valence-corrected chi connectivity index (χ0v) is 30.7. The molecule has 0 aliphatic carbocycles. The van der Waals surface area contributed by atoms with E-state index in [1.54, 1.807) is 31.7 Å². The summed E-state index contributed by atoms with van der Waals surface area (Å²) >= 11 is 0. The quantitative estimate of drug-likeness (QED) is 0.0867. The van der Waals surface area contributed by atoms with Gasteiger partial charge in [-0.15, -0.1) is 6.58 Å². The first kappa shape index (κ1) is 40.5. The second-order valence-corrected chi connectivity index (χ2v) is 14.8. The molecule has 2 saturated heterocycles. The minimum absolute atomic E-state index is 0.0108. The first-order valence-corrected chi connectivity index (χ1v) is 17.1. The Bertz CT molecular complexity index is 1510. The van der Waals surface area contributed by atoms with Crippen LogP contribution in [0.5, 0.6) is 0 Å². The topological polar surface area (TPSA) is 129 Å². The predicted molar refractivity (Wildman–Crippen MR) is 192 cm³/mol. The van der Waals surface area contributed by atoms with Crippen LogP contribution in [0, 0.1) is 23.7 Å². The minimum atomic E-state index is -0.647. The van der Waals surface area contributed by atoms with Crippen LogP contribution in [0.25, 0.3) is 0 Å². The van der Waals surface area contributed by atoms with Crippen molar-refractivity contribution in [3.8, 4) is 0 Å². The molecule has 276 valence electrons. The van der Waals surface area contributed by atoms with Crippen LogP contribution in [0.2, 0.25) is 0 Å². The summed E-state index contributed by atoms with van der Waals surface area (Å²) in [5.74, 6) is -2.14. The average molecular weight is 705 g/mol. The van der Waals surface area contributed by atoms with Gasteiger partial charge >= 0.3 is 24.1 Å². The lowest BCUT2D eigenvalue weighted by Crippen LogP contribution is -2.34. The standard InChI is InChI=1S/C20H25NO5.C20H27NO4/c1-14(12-22)16-10-21(11-17(16)18(23)26-20(2,3)4)19(24)25-13-15-8-6-5-7-9-15;1-5-9-16-12-21(13-17(16)18(22)25-20(2,3)4)19(23)24-14-15-10-7-6-8-11-15/h5-9,12,16-17H,1,10-11,13H2,2-4H3;5-8,10-11,16-17H,1,9,12-14H2,2-4H3/t16-,17+;16-,17-/m01/s1. The molecule has 2 amide bonds. The molecule has 4 atom stereocenters. The Morgan fingerprint density at radius 3 is 1.53 bits per heavy atom. The Labute approximate surface area is 301 Å². The number of hydrogen-bond acceptors (Lipinski definition) is 9. The van der Waals surface area contributed by atoms with Crippen LogP contribution < -0.4 is 0 Å². The van der Waals surface area contributed by atoms with Crippen molar-refractivity contribution in [2.45, 2.75) is 72.4 Å². The molecule has 51 heavy (non-hydrogen) atoms. The fourth-order valence-corrected chi connectivity index (χ4v) is 5.77. The normalized spacial score (nSPS) is 20.0. The lowest BCUT2D eigenvalue weighted by Gasteiger charge is -2.24. The molecule has 2 heterocycles. The lowest BCUT2D eigenvalue weighted by atomic mass is 9.90. The van der Waals surface area contributed by atoms with Crippen LogP contribution in [0.4, 0.5) is 9.59 Å². The molecular formula is C40H52N2O9. The van der Waals surface area contributed by atoms with Crippen molar-refractivity contribution in [3.63, 3.8) is 0 Å². The SMILES string of the molecule is C=C(C=O)[C@@H]1CN(C(=O)OCc2ccccc2)C[C@H]1C(=O)OC(C)(C)C.C=CC[C@@H]1CN(C(=O)OCc2ccccc2)C[C@H]1C(=O)OC(C)(C)C. The van der Waals surface area contributed by atoms with Gasteiger partial charge in [0, 0.05) is 32.1 Å². The van der Waals surface area contributed by atoms with E-state index in [2.05, 4.69) is 13.2 Å². The molecule has 0 aromatic heterocycles. The fraction of sp³-hybridized carbons (Fsp3) is 0.475. The second-order valence-electron chi connectivity index (χ2n) is 14.8. The molecule has 2 aliphatic heterocycles. The van der Waals surface area contributed by atoms with Gasteiger partial charge in [-0.2, -0.15) is 0 Å². The summed E-state index contributed by atoms with van der Waals surface area (Å²) in [5, 5.41) is 0. The van der Waals surface area contributed by atoms with Gasteiger partial charge in [-0.25, -0.2) is 9.59 Å². The Morgan fingerprint density at radius 2 is 1.10 bits per heavy atom. The van der Waals surface area contributed by atoms with Crippen LogP contribution in [0.1, 0.15) is 59.1 Å². The monoisotopic (exact) mass is 704 g/mol. The Hall–Kier alpha value is -4.93. The van der Waals surface area contributed by atoms with Crippen LogP contribution in [0.15, 0.2) is 85.5 Å². The lowest BCUT2D eigenvalue weighted by molar-refractivity contribution is -0.161. The summed E-state index contributed by atoms with van der Waals surface area (Å²) in [7, 11) is 0. The van der Waals surface area contributed by atoms with Gasteiger partial charge < -0.3 is 28.7 Å². The number of ether oxygens (including phenoxy) is 4. The van der Waals surface area contributed by atoms with Crippen molar-refractivity contribution < 1.29 is 42.9 Å². The fourth-order valence-electron chi connectivity index (χ4n) is 5.77. The van der Waals surface area contributed by atoms with Gasteiger partial charge in [0.25, 0.3) is 0 Å². The van der Waals surface area contributed by atoms with Gasteiger partial charge in [0.15, 0.2) is 0 Å². The number of rotatable bonds is 10. The molecule has 2 aliphatic rings. The Morgan fingerprint density at radius 1 is 0.686 bits per heavy atom. The van der Waals surface area contributed by atoms with E-state index in [4.69, 9.17) is 18.9 Å². The van der Waals surface area contributed by atoms with Crippen molar-refractivity contribution in [2.24, 2.45) is 23.7 Å². The Kier molecular flexibility index (Phi) is 14.6. The number of allylic oxidation sites excluding steroid dienone is 1. The van der Waals surface area contributed by atoms with Gasteiger partial charge in [-0.1, -0.05) is 73.3 Å². The minimum Gasteiger partial charge on any atom is -0.460 e. The van der Waals surface area contributed by atoms with E-state index in [1.165, 1.54) is 4.90 Å². The van der Waals surface area contributed by atoms with E-state index in [1.807, 2.05) is 81.4 Å². The van der Waals surface area contributed by atoms with E-state index < -0.39 is 41.2 Å². The van der Waals surface area contributed by atoms with Gasteiger partial charge in [-0.05, 0) is 70.6 Å². The van der Waals surface area contributed by atoms with E-state index in [-0.39, 0.29) is 49.7 Å². The zero-order valence-electron chi connectivity index (χ0n) is 30.7. The summed E-state index contributed by atoms with van der Waals surface area (Å²) in [6.07, 6.45) is 2.14. The molecule has 0 unspecified atom stereocenters. The molecule has 4 rings (SSSR count). The number of esters is 2. The summed E-state index contributed by atoms with van der Waals surface area (Å²) in [5.41, 5.74) is 0.890. The number of amides is 2. The van der Waals surface area contributed by atoms with E-state index in [0.29, 0.717) is 25.8 Å². The molecule has 2 fully saturated rings. The molecule has 0 spiro atoms. The number of benzene rings is 2. The number of carbonyl (C=O) groups excluding carboxylic acids is 5. The first-order valence-electron chi connectivity index (χ1n) is 17.1. The molecule has 11 nitrogen and oxygen atoms in total. The third-order valence-corrected chi connectivity index (χ3v) is 8.20. The van der Waals surface area contributed by atoms with Crippen LogP contribution in [-0.2, 0) is 46.5 Å². The van der Waals surface area contributed by atoms with Gasteiger partial charge in [0.1, 0.15) is 30.7 Å². The highest BCUT2D eigenvalue weighted by molar-refractivity contribution is 5.81. The largest absolute Gasteiger partial charge is 0.460 e. The highest BCUT2D eigenvalue weighted by atomic mass is 16.6. The van der Waals surface area contributed by atoms with Crippen LogP contribution in [0.3, 0.4) is 0 Å².